The Morgan fingerprint density at radius 2 is 1.95 bits per heavy atom. The molecule has 2 N–H and O–H groups in total. The van der Waals surface area contributed by atoms with Crippen LogP contribution in [0, 0.1) is 0 Å². The van der Waals surface area contributed by atoms with E-state index >= 15 is 0 Å². The Hall–Kier alpha value is -2.08. The van der Waals surface area contributed by atoms with Gasteiger partial charge in [0.2, 0.25) is 5.91 Å². The molecule has 0 fully saturated rings. The Morgan fingerprint density at radius 1 is 1.27 bits per heavy atom. The average Bonchev–Trinajstić information content (AvgIpc) is 2.45. The van der Waals surface area contributed by atoms with Gasteiger partial charge in [0.1, 0.15) is 5.75 Å². The second-order valence-corrected chi connectivity index (χ2v) is 5.32. The highest BCUT2D eigenvalue weighted by Crippen LogP contribution is 2.27. The van der Waals surface area contributed by atoms with Crippen LogP contribution in [0.5, 0.6) is 5.75 Å². The monoisotopic (exact) mass is 309 g/mol. The zero-order valence-corrected chi connectivity index (χ0v) is 13.4. The number of carboxylic acids is 1. The van der Waals surface area contributed by atoms with Crippen LogP contribution in [-0.4, -0.2) is 36.3 Å². The number of hydrogen-bond acceptors (Lipinski definition) is 4. The van der Waals surface area contributed by atoms with E-state index in [1.165, 1.54) is 12.1 Å². The van der Waals surface area contributed by atoms with Crippen molar-refractivity contribution in [3.05, 3.63) is 23.8 Å². The predicted octanol–water partition coefficient (Wildman–Crippen LogP) is 2.93. The number of ether oxygens (including phenoxy) is 2. The Morgan fingerprint density at radius 3 is 2.50 bits per heavy atom. The largest absolute Gasteiger partial charge is 0.489 e. The maximum Gasteiger partial charge on any atom is 0.335 e. The lowest BCUT2D eigenvalue weighted by Crippen LogP contribution is -2.17. The SMILES string of the molecule is COC(C)CCC(=O)Nc1cc(C(=O)O)ccc1OC(C)C. The lowest BCUT2D eigenvalue weighted by Gasteiger charge is -2.16. The lowest BCUT2D eigenvalue weighted by atomic mass is 10.1. The van der Waals surface area contributed by atoms with E-state index in [9.17, 15) is 9.59 Å². The molecule has 1 aromatic rings. The van der Waals surface area contributed by atoms with Crippen molar-refractivity contribution in [3.63, 3.8) is 0 Å². The molecule has 1 atom stereocenters. The van der Waals surface area contributed by atoms with Crippen molar-refractivity contribution in [1.29, 1.82) is 0 Å². The highest BCUT2D eigenvalue weighted by atomic mass is 16.5. The zero-order valence-electron chi connectivity index (χ0n) is 13.4. The quantitative estimate of drug-likeness (QED) is 0.771. The van der Waals surface area contributed by atoms with Crippen molar-refractivity contribution in [2.24, 2.45) is 0 Å². The number of carbonyl (C=O) groups excluding carboxylic acids is 1. The second-order valence-electron chi connectivity index (χ2n) is 5.32. The fourth-order valence-electron chi connectivity index (χ4n) is 1.78. The Balaban J connectivity index is 2.86. The van der Waals surface area contributed by atoms with E-state index in [4.69, 9.17) is 14.6 Å². The van der Waals surface area contributed by atoms with Gasteiger partial charge in [0.05, 0.1) is 23.5 Å². The summed E-state index contributed by atoms with van der Waals surface area (Å²) in [6.45, 7) is 5.60. The van der Waals surface area contributed by atoms with E-state index in [2.05, 4.69) is 5.32 Å². The summed E-state index contributed by atoms with van der Waals surface area (Å²) >= 11 is 0. The molecule has 1 rings (SSSR count). The fraction of sp³-hybridized carbons (Fsp3) is 0.500. The lowest BCUT2D eigenvalue weighted by molar-refractivity contribution is -0.116. The van der Waals surface area contributed by atoms with Gasteiger partial charge >= 0.3 is 5.97 Å². The molecular weight excluding hydrogens is 286 g/mol. The summed E-state index contributed by atoms with van der Waals surface area (Å²) in [4.78, 5) is 23.0. The third-order valence-corrected chi connectivity index (χ3v) is 3.04. The number of benzene rings is 1. The van der Waals surface area contributed by atoms with Gasteiger partial charge in [-0.2, -0.15) is 0 Å². The van der Waals surface area contributed by atoms with Crippen molar-refractivity contribution in [3.8, 4) is 5.75 Å². The fourth-order valence-corrected chi connectivity index (χ4v) is 1.78. The van der Waals surface area contributed by atoms with Gasteiger partial charge in [-0.15, -0.1) is 0 Å². The second kappa shape index (κ2) is 8.38. The summed E-state index contributed by atoms with van der Waals surface area (Å²) in [7, 11) is 1.59. The summed E-state index contributed by atoms with van der Waals surface area (Å²) in [5.74, 6) is -0.812. The van der Waals surface area contributed by atoms with E-state index in [0.29, 0.717) is 17.9 Å². The van der Waals surface area contributed by atoms with Crippen LogP contribution < -0.4 is 10.1 Å². The summed E-state index contributed by atoms with van der Waals surface area (Å²) < 4.78 is 10.7. The number of hydrogen-bond donors (Lipinski definition) is 2. The van der Waals surface area contributed by atoms with Crippen LogP contribution in [0.3, 0.4) is 0 Å². The third kappa shape index (κ3) is 5.73. The van der Waals surface area contributed by atoms with E-state index in [-0.39, 0.29) is 30.1 Å². The minimum Gasteiger partial charge on any atom is -0.489 e. The molecule has 1 aromatic carbocycles. The van der Waals surface area contributed by atoms with Crippen molar-refractivity contribution in [2.75, 3.05) is 12.4 Å². The topological polar surface area (TPSA) is 84.9 Å². The van der Waals surface area contributed by atoms with Crippen molar-refractivity contribution < 1.29 is 24.2 Å². The molecule has 0 saturated carbocycles. The number of aromatic carboxylic acids is 1. The van der Waals surface area contributed by atoms with Gasteiger partial charge in [0.15, 0.2) is 0 Å². The molecule has 6 nitrogen and oxygen atoms in total. The minimum atomic E-state index is -1.06. The van der Waals surface area contributed by atoms with Gasteiger partial charge in [-0.25, -0.2) is 4.79 Å². The normalized spacial score (nSPS) is 12.0. The maximum absolute atomic E-state index is 12.0. The van der Waals surface area contributed by atoms with Crippen molar-refractivity contribution in [2.45, 2.75) is 45.8 Å². The van der Waals surface area contributed by atoms with Gasteiger partial charge in [-0.1, -0.05) is 0 Å². The number of carboxylic acid groups (broad SMARTS) is 1. The van der Waals surface area contributed by atoms with Gasteiger partial charge in [0.25, 0.3) is 0 Å². The number of anilines is 1. The molecular formula is C16H23NO5. The number of carbonyl (C=O) groups is 2. The molecule has 0 aliphatic heterocycles. The van der Waals surface area contributed by atoms with Crippen LogP contribution in [0.15, 0.2) is 18.2 Å². The number of rotatable bonds is 8. The molecule has 0 aromatic heterocycles. The molecule has 0 aliphatic carbocycles. The van der Waals surface area contributed by atoms with Gasteiger partial charge < -0.3 is 19.9 Å². The first kappa shape index (κ1) is 18.0. The molecule has 6 heteroatoms. The maximum atomic E-state index is 12.0. The minimum absolute atomic E-state index is 0.0116. The molecule has 0 bridgehead atoms. The van der Waals surface area contributed by atoms with Gasteiger partial charge in [-0.3, -0.25) is 4.79 Å². The molecule has 0 spiro atoms. The number of nitrogens with one attached hydrogen (secondary N) is 1. The molecule has 22 heavy (non-hydrogen) atoms. The van der Waals surface area contributed by atoms with E-state index < -0.39 is 5.97 Å². The third-order valence-electron chi connectivity index (χ3n) is 3.04. The standard InChI is InChI=1S/C16H23NO5/c1-10(2)22-14-7-6-12(16(19)20)9-13(14)17-15(18)8-5-11(3)21-4/h6-7,9-11H,5,8H2,1-4H3,(H,17,18)(H,19,20). The van der Waals surface area contributed by atoms with Crippen LogP contribution in [0.1, 0.15) is 44.0 Å². The van der Waals surface area contributed by atoms with Gasteiger partial charge in [-0.05, 0) is 45.4 Å². The smallest absolute Gasteiger partial charge is 0.335 e. The number of methoxy groups -OCH3 is 1. The summed E-state index contributed by atoms with van der Waals surface area (Å²) in [6, 6.07) is 4.40. The Kier molecular flexibility index (Phi) is 6.85. The van der Waals surface area contributed by atoms with Gasteiger partial charge in [0, 0.05) is 13.5 Å². The first-order valence-electron chi connectivity index (χ1n) is 7.20. The Bertz CT molecular complexity index is 527. The van der Waals surface area contributed by atoms with Crippen LogP contribution in [-0.2, 0) is 9.53 Å². The summed E-state index contributed by atoms with van der Waals surface area (Å²) in [5, 5.41) is 11.8. The molecule has 0 saturated heterocycles. The average molecular weight is 309 g/mol. The van der Waals surface area contributed by atoms with Crippen LogP contribution in [0.2, 0.25) is 0 Å². The van der Waals surface area contributed by atoms with Crippen molar-refractivity contribution >= 4 is 17.6 Å². The number of amides is 1. The molecule has 0 radical (unpaired) electrons. The zero-order chi connectivity index (χ0) is 16.7. The van der Waals surface area contributed by atoms with Crippen LogP contribution in [0.4, 0.5) is 5.69 Å². The molecule has 122 valence electrons. The van der Waals surface area contributed by atoms with E-state index in [1.54, 1.807) is 13.2 Å². The van der Waals surface area contributed by atoms with E-state index in [0.717, 1.165) is 0 Å². The van der Waals surface area contributed by atoms with E-state index in [1.807, 2.05) is 20.8 Å². The van der Waals surface area contributed by atoms with Crippen LogP contribution in [0.25, 0.3) is 0 Å². The molecule has 1 unspecified atom stereocenters. The summed E-state index contributed by atoms with van der Waals surface area (Å²) in [5.41, 5.74) is 0.459. The predicted molar refractivity (Wildman–Crippen MR) is 83.5 cm³/mol. The molecule has 1 amide bonds. The highest BCUT2D eigenvalue weighted by molar-refractivity contribution is 5.95. The first-order valence-corrected chi connectivity index (χ1v) is 7.20. The Labute approximate surface area is 130 Å². The highest BCUT2D eigenvalue weighted by Gasteiger charge is 2.14. The van der Waals surface area contributed by atoms with Crippen molar-refractivity contribution in [1.82, 2.24) is 0 Å². The first-order chi connectivity index (χ1) is 10.3. The molecule has 0 aliphatic rings. The molecule has 0 heterocycles. The summed E-state index contributed by atoms with van der Waals surface area (Å²) in [6.07, 6.45) is 0.775. The van der Waals surface area contributed by atoms with Crippen LogP contribution >= 0.6 is 0 Å².